The first kappa shape index (κ1) is 14.9. The highest BCUT2D eigenvalue weighted by Crippen LogP contribution is 2.39. The number of H-pyrrole nitrogens is 1. The molecule has 3 atom stereocenters. The van der Waals surface area contributed by atoms with Gasteiger partial charge < -0.3 is 9.72 Å². The molecule has 1 aromatic heterocycles. The fourth-order valence-electron chi connectivity index (χ4n) is 2.34. The van der Waals surface area contributed by atoms with Gasteiger partial charge in [0.2, 0.25) is 5.82 Å². The fraction of sp³-hybridized carbons (Fsp3) is 0.692. The second kappa shape index (κ2) is 6.30. The quantitative estimate of drug-likeness (QED) is 0.805. The van der Waals surface area contributed by atoms with E-state index < -0.39 is 29.3 Å². The molecule has 0 aliphatic heterocycles. The van der Waals surface area contributed by atoms with Gasteiger partial charge in [-0.15, -0.1) is 0 Å². The number of alkyl halides is 1. The van der Waals surface area contributed by atoms with E-state index in [1.54, 1.807) is 0 Å². The van der Waals surface area contributed by atoms with Crippen molar-refractivity contribution in [3.8, 4) is 0 Å². The zero-order valence-corrected chi connectivity index (χ0v) is 11.3. The number of rotatable bonds is 6. The van der Waals surface area contributed by atoms with Gasteiger partial charge in [0.25, 0.3) is 5.56 Å². The summed E-state index contributed by atoms with van der Waals surface area (Å²) in [5, 5.41) is 0. The summed E-state index contributed by atoms with van der Waals surface area (Å²) >= 11 is 0. The van der Waals surface area contributed by atoms with Crippen LogP contribution >= 0.6 is 0 Å². The number of hydrogen-bond acceptors (Lipinski definition) is 3. The van der Waals surface area contributed by atoms with Gasteiger partial charge in [-0.1, -0.05) is 13.3 Å². The van der Waals surface area contributed by atoms with Crippen molar-refractivity contribution in [2.75, 3.05) is 13.2 Å². The Balaban J connectivity index is 1.99. The average Bonchev–Trinajstić information content (AvgIpc) is 2.44. The Morgan fingerprint density at radius 3 is 2.90 bits per heavy atom. The van der Waals surface area contributed by atoms with E-state index in [-0.39, 0.29) is 12.5 Å². The standard InChI is InChI=1S/C13H18F2N2O3/c1-2-3-4-20-7-8-5-10(11(8)15)17-12(18)9(14)6-16-13(17)19/h6,8,10-11H,2-5,7H2,1H3,(H,16,19)/t8-,10-,11?/m1/s1. The van der Waals surface area contributed by atoms with Crippen LogP contribution in [0.25, 0.3) is 0 Å². The second-order valence-electron chi connectivity index (χ2n) is 5.05. The Kier molecular flexibility index (Phi) is 4.69. The van der Waals surface area contributed by atoms with Crippen LogP contribution < -0.4 is 11.2 Å². The van der Waals surface area contributed by atoms with Crippen LogP contribution in [-0.2, 0) is 4.74 Å². The molecule has 1 heterocycles. The van der Waals surface area contributed by atoms with Crippen molar-refractivity contribution in [3.05, 3.63) is 32.9 Å². The van der Waals surface area contributed by atoms with Crippen LogP contribution in [0, 0.1) is 11.7 Å². The normalized spacial score (nSPS) is 25.4. The molecule has 1 unspecified atom stereocenters. The molecular formula is C13H18F2N2O3. The molecule has 0 amide bonds. The van der Waals surface area contributed by atoms with Crippen LogP contribution in [0.2, 0.25) is 0 Å². The van der Waals surface area contributed by atoms with Crippen molar-refractivity contribution in [2.45, 2.75) is 38.4 Å². The van der Waals surface area contributed by atoms with Crippen molar-refractivity contribution in [2.24, 2.45) is 5.92 Å². The molecule has 0 bridgehead atoms. The van der Waals surface area contributed by atoms with Gasteiger partial charge in [0.1, 0.15) is 6.17 Å². The summed E-state index contributed by atoms with van der Waals surface area (Å²) in [5.41, 5.74) is -1.86. The van der Waals surface area contributed by atoms with Crippen molar-refractivity contribution in [3.63, 3.8) is 0 Å². The summed E-state index contributed by atoms with van der Waals surface area (Å²) in [6.45, 7) is 2.87. The molecule has 0 spiro atoms. The van der Waals surface area contributed by atoms with Gasteiger partial charge in [-0.05, 0) is 12.8 Å². The van der Waals surface area contributed by atoms with E-state index in [2.05, 4.69) is 4.98 Å². The molecule has 5 nitrogen and oxygen atoms in total. The third-order valence-corrected chi connectivity index (χ3v) is 3.63. The number of aromatic amines is 1. The fourth-order valence-corrected chi connectivity index (χ4v) is 2.34. The first-order valence-corrected chi connectivity index (χ1v) is 6.77. The van der Waals surface area contributed by atoms with Crippen LogP contribution in [-0.4, -0.2) is 28.9 Å². The molecule has 2 rings (SSSR count). The molecular weight excluding hydrogens is 270 g/mol. The molecule has 1 aliphatic carbocycles. The second-order valence-corrected chi connectivity index (χ2v) is 5.05. The predicted octanol–water partition coefficient (Wildman–Crippen LogP) is 1.39. The first-order valence-electron chi connectivity index (χ1n) is 6.77. The number of halogens is 2. The van der Waals surface area contributed by atoms with E-state index in [9.17, 15) is 18.4 Å². The van der Waals surface area contributed by atoms with Crippen LogP contribution in [0.1, 0.15) is 32.2 Å². The van der Waals surface area contributed by atoms with Crippen LogP contribution in [0.15, 0.2) is 15.8 Å². The summed E-state index contributed by atoms with van der Waals surface area (Å²) < 4.78 is 33.1. The lowest BCUT2D eigenvalue weighted by molar-refractivity contribution is -0.0286. The largest absolute Gasteiger partial charge is 0.381 e. The number of unbranched alkanes of at least 4 members (excludes halogenated alkanes) is 1. The maximum atomic E-state index is 14.0. The maximum absolute atomic E-state index is 14.0. The van der Waals surface area contributed by atoms with E-state index >= 15 is 0 Å². The highest BCUT2D eigenvalue weighted by molar-refractivity contribution is 4.99. The lowest BCUT2D eigenvalue weighted by atomic mass is 9.78. The summed E-state index contributed by atoms with van der Waals surface area (Å²) in [4.78, 5) is 25.2. The number of ether oxygens (including phenoxy) is 1. The van der Waals surface area contributed by atoms with Crippen molar-refractivity contribution in [1.29, 1.82) is 0 Å². The summed E-state index contributed by atoms with van der Waals surface area (Å²) in [7, 11) is 0. The number of aromatic nitrogens is 2. The van der Waals surface area contributed by atoms with Crippen LogP contribution in [0.4, 0.5) is 8.78 Å². The molecule has 0 saturated heterocycles. The Morgan fingerprint density at radius 2 is 2.25 bits per heavy atom. The maximum Gasteiger partial charge on any atom is 0.328 e. The molecule has 0 radical (unpaired) electrons. The zero-order chi connectivity index (χ0) is 14.7. The molecule has 1 aliphatic rings. The summed E-state index contributed by atoms with van der Waals surface area (Å²) in [6, 6.07) is -0.901. The van der Waals surface area contributed by atoms with Crippen molar-refractivity contribution >= 4 is 0 Å². The number of hydrogen-bond donors (Lipinski definition) is 1. The third-order valence-electron chi connectivity index (χ3n) is 3.63. The zero-order valence-electron chi connectivity index (χ0n) is 11.3. The number of nitrogens with one attached hydrogen (secondary N) is 1. The third kappa shape index (κ3) is 2.82. The van der Waals surface area contributed by atoms with Crippen LogP contribution in [0.5, 0.6) is 0 Å². The monoisotopic (exact) mass is 288 g/mol. The van der Waals surface area contributed by atoms with Gasteiger partial charge >= 0.3 is 5.69 Å². The molecule has 20 heavy (non-hydrogen) atoms. The molecule has 112 valence electrons. The topological polar surface area (TPSA) is 64.1 Å². The van der Waals surface area contributed by atoms with Gasteiger partial charge in [0.15, 0.2) is 0 Å². The number of nitrogens with zero attached hydrogens (tertiary/aromatic N) is 1. The Bertz CT molecular complexity index is 569. The molecule has 0 aromatic carbocycles. The lowest BCUT2D eigenvalue weighted by Crippen LogP contribution is -2.51. The molecule has 1 N–H and O–H groups in total. The Morgan fingerprint density at radius 1 is 1.50 bits per heavy atom. The van der Waals surface area contributed by atoms with E-state index in [0.717, 1.165) is 12.8 Å². The van der Waals surface area contributed by atoms with Gasteiger partial charge in [0.05, 0.1) is 12.6 Å². The molecule has 1 saturated carbocycles. The minimum atomic E-state index is -1.36. The Hall–Kier alpha value is -1.50. The van der Waals surface area contributed by atoms with Gasteiger partial charge in [-0.2, -0.15) is 4.39 Å². The molecule has 1 aromatic rings. The molecule has 7 heteroatoms. The minimum Gasteiger partial charge on any atom is -0.381 e. The van der Waals surface area contributed by atoms with Crippen LogP contribution in [0.3, 0.4) is 0 Å². The van der Waals surface area contributed by atoms with E-state index in [4.69, 9.17) is 4.74 Å². The Labute approximate surface area is 114 Å². The summed E-state index contributed by atoms with van der Waals surface area (Å²) in [6.07, 6.45) is 1.55. The van der Waals surface area contributed by atoms with Gasteiger partial charge in [-0.3, -0.25) is 9.36 Å². The highest BCUT2D eigenvalue weighted by atomic mass is 19.1. The smallest absolute Gasteiger partial charge is 0.328 e. The van der Waals surface area contributed by atoms with E-state index in [1.807, 2.05) is 6.92 Å². The average molecular weight is 288 g/mol. The van der Waals surface area contributed by atoms with Gasteiger partial charge in [0, 0.05) is 18.7 Å². The molecule has 1 fully saturated rings. The van der Waals surface area contributed by atoms with Gasteiger partial charge in [-0.25, -0.2) is 9.18 Å². The highest BCUT2D eigenvalue weighted by Gasteiger charge is 2.44. The lowest BCUT2D eigenvalue weighted by Gasteiger charge is -2.39. The van der Waals surface area contributed by atoms with Crippen molar-refractivity contribution < 1.29 is 13.5 Å². The van der Waals surface area contributed by atoms with Crippen molar-refractivity contribution in [1.82, 2.24) is 9.55 Å². The minimum absolute atomic E-state index is 0.264. The predicted molar refractivity (Wildman–Crippen MR) is 69.0 cm³/mol. The SMILES string of the molecule is CCCCOC[C@H]1C[C@@H](n2c(=O)[nH]cc(F)c2=O)C1F. The van der Waals surface area contributed by atoms with E-state index in [0.29, 0.717) is 23.8 Å². The van der Waals surface area contributed by atoms with E-state index in [1.165, 1.54) is 0 Å². The summed E-state index contributed by atoms with van der Waals surface area (Å²) in [5.74, 6) is -1.43. The first-order chi connectivity index (χ1) is 9.56.